The maximum atomic E-state index is 12.3. The topological polar surface area (TPSA) is 41.5 Å². The standard InChI is InChI=1S/C9H20N2OS/c1-9(2,3)13(12,10-4)11-8-6-5-7-8/h8H,5-7H2,1-4H3,(H,10,11,12). The first-order valence-corrected chi connectivity index (χ1v) is 6.32. The quantitative estimate of drug-likeness (QED) is 0.734. The first kappa shape index (κ1) is 11.0. The molecule has 3 nitrogen and oxygen atoms in total. The van der Waals surface area contributed by atoms with E-state index in [0.29, 0.717) is 6.04 Å². The maximum Gasteiger partial charge on any atom is 0.112 e. The average molecular weight is 204 g/mol. The van der Waals surface area contributed by atoms with Gasteiger partial charge in [-0.05, 0) is 33.6 Å². The van der Waals surface area contributed by atoms with Crippen LogP contribution in [0.3, 0.4) is 0 Å². The van der Waals surface area contributed by atoms with Crippen LogP contribution in [0.25, 0.3) is 0 Å². The lowest BCUT2D eigenvalue weighted by Gasteiger charge is -2.33. The Balaban J connectivity index is 2.76. The summed E-state index contributed by atoms with van der Waals surface area (Å²) in [5, 5.41) is 0. The molecule has 78 valence electrons. The molecule has 0 aromatic carbocycles. The van der Waals surface area contributed by atoms with Gasteiger partial charge in [0.15, 0.2) is 0 Å². The molecule has 0 spiro atoms. The predicted molar refractivity (Wildman–Crippen MR) is 57.0 cm³/mol. The number of nitrogens with one attached hydrogen (secondary N) is 1. The van der Waals surface area contributed by atoms with Crippen molar-refractivity contribution in [1.29, 1.82) is 0 Å². The highest BCUT2D eigenvalue weighted by molar-refractivity contribution is 7.93. The zero-order valence-electron chi connectivity index (χ0n) is 8.96. The van der Waals surface area contributed by atoms with Gasteiger partial charge in [-0.3, -0.25) is 0 Å². The number of rotatable bonds is 2. The number of nitrogens with zero attached hydrogens (tertiary/aromatic N) is 1. The first-order chi connectivity index (χ1) is 5.89. The molecule has 0 radical (unpaired) electrons. The van der Waals surface area contributed by atoms with Crippen molar-refractivity contribution < 1.29 is 4.21 Å². The fourth-order valence-corrected chi connectivity index (χ4v) is 2.95. The molecule has 4 heteroatoms. The SMILES string of the molecule is CN=S(=O)(NC1CCC1)C(C)(C)C. The van der Waals surface area contributed by atoms with Gasteiger partial charge in [0.2, 0.25) is 0 Å². The number of hydrogen-bond acceptors (Lipinski definition) is 2. The van der Waals surface area contributed by atoms with Crippen LogP contribution in [0, 0.1) is 0 Å². The Morgan fingerprint density at radius 2 is 1.92 bits per heavy atom. The van der Waals surface area contributed by atoms with Gasteiger partial charge in [0.1, 0.15) is 9.92 Å². The molecule has 0 saturated heterocycles. The van der Waals surface area contributed by atoms with Crippen molar-refractivity contribution >= 4 is 9.92 Å². The molecule has 0 heterocycles. The summed E-state index contributed by atoms with van der Waals surface area (Å²) in [6.07, 6.45) is 3.53. The summed E-state index contributed by atoms with van der Waals surface area (Å²) in [6, 6.07) is 0.426. The average Bonchev–Trinajstić information content (AvgIpc) is 1.94. The predicted octanol–water partition coefficient (Wildman–Crippen LogP) is 1.94. The molecule has 1 N–H and O–H groups in total. The third kappa shape index (κ3) is 2.23. The summed E-state index contributed by atoms with van der Waals surface area (Å²) in [6.45, 7) is 5.90. The summed E-state index contributed by atoms with van der Waals surface area (Å²) in [4.78, 5) is 0. The molecular weight excluding hydrogens is 184 g/mol. The van der Waals surface area contributed by atoms with Crippen LogP contribution < -0.4 is 4.72 Å². The van der Waals surface area contributed by atoms with Crippen molar-refractivity contribution in [3.8, 4) is 0 Å². The summed E-state index contributed by atoms with van der Waals surface area (Å²) in [5.74, 6) is 0. The van der Waals surface area contributed by atoms with Gasteiger partial charge in [-0.25, -0.2) is 13.3 Å². The molecule has 1 atom stereocenters. The van der Waals surface area contributed by atoms with Crippen LogP contribution in [0.1, 0.15) is 40.0 Å². The smallest absolute Gasteiger partial charge is 0.112 e. The summed E-state index contributed by atoms with van der Waals surface area (Å²) < 4.78 is 19.2. The summed E-state index contributed by atoms with van der Waals surface area (Å²) >= 11 is 0. The van der Waals surface area contributed by atoms with Crippen molar-refractivity contribution in [2.45, 2.75) is 50.8 Å². The largest absolute Gasteiger partial charge is 0.233 e. The van der Waals surface area contributed by atoms with E-state index >= 15 is 0 Å². The third-order valence-electron chi connectivity index (χ3n) is 2.52. The molecule has 0 bridgehead atoms. The van der Waals surface area contributed by atoms with Gasteiger partial charge in [-0.15, -0.1) is 0 Å². The molecule has 13 heavy (non-hydrogen) atoms. The molecule has 1 saturated carbocycles. The Morgan fingerprint density at radius 3 is 2.15 bits per heavy atom. The first-order valence-electron chi connectivity index (χ1n) is 4.81. The van der Waals surface area contributed by atoms with Gasteiger partial charge >= 0.3 is 0 Å². The van der Waals surface area contributed by atoms with Crippen molar-refractivity contribution in [1.82, 2.24) is 4.72 Å². The van der Waals surface area contributed by atoms with Gasteiger partial charge in [0, 0.05) is 13.1 Å². The van der Waals surface area contributed by atoms with Crippen LogP contribution in [0.4, 0.5) is 0 Å². The van der Waals surface area contributed by atoms with Crippen molar-refractivity contribution in [3.05, 3.63) is 0 Å². The van der Waals surface area contributed by atoms with Crippen molar-refractivity contribution in [3.63, 3.8) is 0 Å². The lowest BCUT2D eigenvalue weighted by molar-refractivity contribution is 0.386. The van der Waals surface area contributed by atoms with Crippen LogP contribution in [-0.2, 0) is 9.92 Å². The lowest BCUT2D eigenvalue weighted by Crippen LogP contribution is -2.46. The van der Waals surface area contributed by atoms with Gasteiger partial charge in [0.25, 0.3) is 0 Å². The van der Waals surface area contributed by atoms with Crippen LogP contribution in [0.2, 0.25) is 0 Å². The summed E-state index contributed by atoms with van der Waals surface area (Å²) in [7, 11) is -0.590. The van der Waals surface area contributed by atoms with Crippen LogP contribution in [-0.4, -0.2) is 22.0 Å². The third-order valence-corrected chi connectivity index (χ3v) is 5.35. The van der Waals surface area contributed by atoms with E-state index < -0.39 is 9.92 Å². The molecule has 1 unspecified atom stereocenters. The Morgan fingerprint density at radius 1 is 1.38 bits per heavy atom. The molecule has 1 fully saturated rings. The minimum Gasteiger partial charge on any atom is -0.233 e. The van der Waals surface area contributed by atoms with E-state index in [1.54, 1.807) is 7.05 Å². The molecule has 0 aromatic heterocycles. The van der Waals surface area contributed by atoms with E-state index in [4.69, 9.17) is 0 Å². The van der Waals surface area contributed by atoms with Gasteiger partial charge in [-0.1, -0.05) is 6.42 Å². The van der Waals surface area contributed by atoms with Gasteiger partial charge in [0.05, 0.1) is 4.75 Å². The molecule has 0 amide bonds. The monoisotopic (exact) mass is 204 g/mol. The Hall–Kier alpha value is -0.0900. The van der Waals surface area contributed by atoms with Gasteiger partial charge < -0.3 is 0 Å². The normalized spacial score (nSPS) is 23.4. The van der Waals surface area contributed by atoms with Crippen LogP contribution in [0.15, 0.2) is 4.36 Å². The van der Waals surface area contributed by atoms with E-state index in [2.05, 4.69) is 9.08 Å². The highest BCUT2D eigenvalue weighted by Gasteiger charge is 2.30. The fraction of sp³-hybridized carbons (Fsp3) is 1.00. The van der Waals surface area contributed by atoms with E-state index in [9.17, 15) is 4.21 Å². The van der Waals surface area contributed by atoms with Crippen molar-refractivity contribution in [2.75, 3.05) is 7.05 Å². The number of hydrogen-bond donors (Lipinski definition) is 1. The highest BCUT2D eigenvalue weighted by atomic mass is 32.2. The minimum absolute atomic E-state index is 0.280. The minimum atomic E-state index is -2.23. The molecule has 1 rings (SSSR count). The molecular formula is C9H20N2OS. The molecule has 1 aliphatic rings. The maximum absolute atomic E-state index is 12.3. The highest BCUT2D eigenvalue weighted by Crippen LogP contribution is 2.23. The molecule has 1 aliphatic carbocycles. The van der Waals surface area contributed by atoms with E-state index in [1.165, 1.54) is 6.42 Å². The second kappa shape index (κ2) is 3.58. The van der Waals surface area contributed by atoms with E-state index in [1.807, 2.05) is 20.8 Å². The summed E-state index contributed by atoms with van der Waals surface area (Å²) in [5.41, 5.74) is 0. The molecule has 0 aromatic rings. The van der Waals surface area contributed by atoms with Crippen LogP contribution >= 0.6 is 0 Å². The van der Waals surface area contributed by atoms with E-state index in [0.717, 1.165) is 12.8 Å². The van der Waals surface area contributed by atoms with E-state index in [-0.39, 0.29) is 4.75 Å². The second-order valence-corrected chi connectivity index (χ2v) is 7.44. The zero-order valence-corrected chi connectivity index (χ0v) is 9.78. The van der Waals surface area contributed by atoms with Crippen molar-refractivity contribution in [2.24, 2.45) is 4.36 Å². The van der Waals surface area contributed by atoms with Gasteiger partial charge in [-0.2, -0.15) is 0 Å². The Bertz CT molecular complexity index is 280. The zero-order chi connectivity index (χ0) is 10.1. The fourth-order valence-electron chi connectivity index (χ4n) is 1.26. The lowest BCUT2D eigenvalue weighted by atomic mass is 9.94. The molecule has 0 aliphatic heterocycles. The Kier molecular flexibility index (Phi) is 3.02. The second-order valence-electron chi connectivity index (χ2n) is 4.57. The Labute approximate surface area is 81.6 Å². The van der Waals surface area contributed by atoms with Crippen LogP contribution in [0.5, 0.6) is 0 Å².